The van der Waals surface area contributed by atoms with Crippen LogP contribution in [0.25, 0.3) is 0 Å². The monoisotopic (exact) mass is 224 g/mol. The van der Waals surface area contributed by atoms with Crippen molar-refractivity contribution in [1.82, 2.24) is 0 Å². The number of ether oxygens (including phenoxy) is 1. The van der Waals surface area contributed by atoms with Crippen molar-refractivity contribution < 1.29 is 9.53 Å². The molecule has 0 aromatic carbocycles. The van der Waals surface area contributed by atoms with Crippen LogP contribution in [0.1, 0.15) is 53.4 Å². The Balaban J connectivity index is 2.61. The molecule has 3 atom stereocenters. The third kappa shape index (κ3) is 3.10. The molecule has 0 N–H and O–H groups in total. The largest absolute Gasteiger partial charge is 0.487 e. The minimum absolute atomic E-state index is 0.126. The molecule has 1 aliphatic rings. The lowest BCUT2D eigenvalue weighted by Gasteiger charge is -2.28. The van der Waals surface area contributed by atoms with Crippen LogP contribution in [0, 0.1) is 11.8 Å². The van der Waals surface area contributed by atoms with Crippen LogP contribution in [0.3, 0.4) is 0 Å². The van der Waals surface area contributed by atoms with Crippen LogP contribution in [-0.4, -0.2) is 11.9 Å². The van der Waals surface area contributed by atoms with Crippen molar-refractivity contribution in [2.24, 2.45) is 11.8 Å². The van der Waals surface area contributed by atoms with Gasteiger partial charge < -0.3 is 4.74 Å². The van der Waals surface area contributed by atoms with Crippen molar-refractivity contribution in [1.29, 1.82) is 0 Å². The molecule has 1 rings (SSSR count). The number of allylic oxidation sites excluding steroid dienone is 2. The summed E-state index contributed by atoms with van der Waals surface area (Å²) in [5, 5.41) is 0. The van der Waals surface area contributed by atoms with E-state index in [1.165, 1.54) is 0 Å². The number of hydrogen-bond donors (Lipinski definition) is 0. The van der Waals surface area contributed by atoms with Crippen LogP contribution in [0.2, 0.25) is 0 Å². The molecule has 0 aromatic heterocycles. The van der Waals surface area contributed by atoms with Gasteiger partial charge >= 0.3 is 0 Å². The number of hydrogen-bond acceptors (Lipinski definition) is 2. The first-order valence-electron chi connectivity index (χ1n) is 6.50. The molecule has 0 spiro atoms. The molecule has 0 radical (unpaired) electrons. The molecular weight excluding hydrogens is 200 g/mol. The summed E-state index contributed by atoms with van der Waals surface area (Å²) in [5.41, 5.74) is 0. The highest BCUT2D eigenvalue weighted by Gasteiger charge is 2.28. The molecular formula is C14H24O2. The maximum absolute atomic E-state index is 12.0. The highest BCUT2D eigenvalue weighted by molar-refractivity contribution is 5.85. The van der Waals surface area contributed by atoms with Gasteiger partial charge in [0, 0.05) is 11.8 Å². The Kier molecular flexibility index (Phi) is 5.04. The first-order valence-corrected chi connectivity index (χ1v) is 6.50. The zero-order chi connectivity index (χ0) is 12.1. The van der Waals surface area contributed by atoms with E-state index in [2.05, 4.69) is 26.8 Å². The van der Waals surface area contributed by atoms with E-state index in [4.69, 9.17) is 4.74 Å². The van der Waals surface area contributed by atoms with Crippen LogP contribution in [0.5, 0.6) is 0 Å². The van der Waals surface area contributed by atoms with Crippen LogP contribution in [0.15, 0.2) is 11.8 Å². The van der Waals surface area contributed by atoms with Crippen molar-refractivity contribution in [3.8, 4) is 0 Å². The van der Waals surface area contributed by atoms with Crippen molar-refractivity contribution in [3.05, 3.63) is 11.8 Å². The highest BCUT2D eigenvalue weighted by atomic mass is 16.5. The van der Waals surface area contributed by atoms with Gasteiger partial charge in [-0.1, -0.05) is 27.7 Å². The smallest absolute Gasteiger partial charge is 0.176 e. The average Bonchev–Trinajstić information content (AvgIpc) is 2.36. The molecule has 1 heterocycles. The van der Waals surface area contributed by atoms with E-state index in [9.17, 15) is 4.79 Å². The molecule has 92 valence electrons. The summed E-state index contributed by atoms with van der Waals surface area (Å²) in [6.07, 6.45) is 5.75. The maximum atomic E-state index is 12.0. The van der Waals surface area contributed by atoms with E-state index >= 15 is 0 Å². The molecule has 0 fully saturated rings. The summed E-state index contributed by atoms with van der Waals surface area (Å²) in [6.45, 7) is 8.35. The molecule has 2 heteroatoms. The second-order valence-electron chi connectivity index (χ2n) is 4.81. The van der Waals surface area contributed by atoms with Gasteiger partial charge in [-0.25, -0.2) is 0 Å². The van der Waals surface area contributed by atoms with Gasteiger partial charge in [-0.15, -0.1) is 0 Å². The Bertz CT molecular complexity index is 268. The van der Waals surface area contributed by atoms with Crippen molar-refractivity contribution >= 4 is 5.78 Å². The molecule has 1 aliphatic heterocycles. The van der Waals surface area contributed by atoms with Gasteiger partial charge in [0.2, 0.25) is 0 Å². The lowest BCUT2D eigenvalue weighted by molar-refractivity contribution is -0.133. The van der Waals surface area contributed by atoms with Gasteiger partial charge in [-0.3, -0.25) is 4.79 Å². The normalized spacial score (nSPS) is 24.2. The lowest BCUT2D eigenvalue weighted by Crippen LogP contribution is -2.31. The third-order valence-corrected chi connectivity index (χ3v) is 3.57. The van der Waals surface area contributed by atoms with Gasteiger partial charge in [0.1, 0.15) is 0 Å². The average molecular weight is 224 g/mol. The van der Waals surface area contributed by atoms with E-state index in [-0.39, 0.29) is 17.8 Å². The number of ketones is 1. The highest BCUT2D eigenvalue weighted by Crippen LogP contribution is 2.26. The molecule has 0 amide bonds. The van der Waals surface area contributed by atoms with Crippen molar-refractivity contribution in [2.75, 3.05) is 0 Å². The molecule has 0 bridgehead atoms. The summed E-state index contributed by atoms with van der Waals surface area (Å²) in [6, 6.07) is 0. The zero-order valence-electron chi connectivity index (χ0n) is 11.0. The molecule has 3 unspecified atom stereocenters. The first kappa shape index (κ1) is 13.3. The predicted octanol–water partition coefficient (Wildman–Crippen LogP) is 3.71. The summed E-state index contributed by atoms with van der Waals surface area (Å²) in [5.74, 6) is 1.86. The summed E-state index contributed by atoms with van der Waals surface area (Å²) < 4.78 is 5.84. The fraction of sp³-hybridized carbons (Fsp3) is 0.786. The van der Waals surface area contributed by atoms with E-state index < -0.39 is 0 Å². The number of carbonyl (C=O) groups is 1. The molecule has 0 saturated heterocycles. The lowest BCUT2D eigenvalue weighted by atomic mass is 9.94. The van der Waals surface area contributed by atoms with Crippen molar-refractivity contribution in [2.45, 2.75) is 59.5 Å². The van der Waals surface area contributed by atoms with Gasteiger partial charge in [-0.2, -0.15) is 0 Å². The van der Waals surface area contributed by atoms with E-state index in [1.54, 1.807) is 0 Å². The zero-order valence-corrected chi connectivity index (χ0v) is 11.0. The summed E-state index contributed by atoms with van der Waals surface area (Å²) in [7, 11) is 0. The van der Waals surface area contributed by atoms with Gasteiger partial charge in [0.05, 0.1) is 5.76 Å². The topological polar surface area (TPSA) is 26.3 Å². The number of Topliss-reactive ketones (excluding diaryl/α,β-unsaturated/α-hetero) is 1. The van der Waals surface area contributed by atoms with E-state index in [1.807, 2.05) is 6.92 Å². The Hall–Kier alpha value is -0.790. The summed E-state index contributed by atoms with van der Waals surface area (Å²) in [4.78, 5) is 12.0. The molecule has 0 saturated carbocycles. The van der Waals surface area contributed by atoms with Gasteiger partial charge in [0.15, 0.2) is 11.9 Å². The maximum Gasteiger partial charge on any atom is 0.176 e. The summed E-state index contributed by atoms with van der Waals surface area (Å²) >= 11 is 0. The standard InChI is InChI=1S/C14H24O2/c1-5-10(3)12-8-7-9-13(16-12)14(15)11(4)6-2/h8,10-11,13H,5-7,9H2,1-4H3. The Morgan fingerprint density at radius 2 is 2.12 bits per heavy atom. The second-order valence-corrected chi connectivity index (χ2v) is 4.81. The van der Waals surface area contributed by atoms with Crippen LogP contribution >= 0.6 is 0 Å². The predicted molar refractivity (Wildman–Crippen MR) is 66.1 cm³/mol. The number of carbonyl (C=O) groups excluding carboxylic acids is 1. The van der Waals surface area contributed by atoms with E-state index in [0.717, 1.165) is 31.4 Å². The van der Waals surface area contributed by atoms with Crippen LogP contribution < -0.4 is 0 Å². The molecule has 16 heavy (non-hydrogen) atoms. The second kappa shape index (κ2) is 6.07. The van der Waals surface area contributed by atoms with Gasteiger partial charge in [0.25, 0.3) is 0 Å². The number of rotatable bonds is 5. The Morgan fingerprint density at radius 3 is 2.69 bits per heavy atom. The van der Waals surface area contributed by atoms with Crippen LogP contribution in [-0.2, 0) is 9.53 Å². The SMILES string of the molecule is CCC(C)C(=O)C1CCC=C(C(C)CC)O1. The molecule has 0 aromatic rings. The minimum Gasteiger partial charge on any atom is -0.487 e. The fourth-order valence-electron chi connectivity index (χ4n) is 1.89. The van der Waals surface area contributed by atoms with Crippen molar-refractivity contribution in [3.63, 3.8) is 0 Å². The molecule has 0 aliphatic carbocycles. The molecule has 2 nitrogen and oxygen atoms in total. The van der Waals surface area contributed by atoms with Gasteiger partial charge in [-0.05, 0) is 31.8 Å². The van der Waals surface area contributed by atoms with Crippen LogP contribution in [0.4, 0.5) is 0 Å². The quantitative estimate of drug-likeness (QED) is 0.711. The Morgan fingerprint density at radius 1 is 1.44 bits per heavy atom. The minimum atomic E-state index is -0.191. The third-order valence-electron chi connectivity index (χ3n) is 3.57. The Labute approximate surface area is 99.1 Å². The fourth-order valence-corrected chi connectivity index (χ4v) is 1.89. The first-order chi connectivity index (χ1) is 7.60. The van der Waals surface area contributed by atoms with E-state index in [0.29, 0.717) is 5.92 Å².